The first-order valence-corrected chi connectivity index (χ1v) is 44.2. The first-order chi connectivity index (χ1) is 47.6. The van der Waals surface area contributed by atoms with E-state index < -0.39 is 97.5 Å². The van der Waals surface area contributed by atoms with Gasteiger partial charge >= 0.3 is 39.5 Å². The second-order valence-electron chi connectivity index (χ2n) is 30.5. The summed E-state index contributed by atoms with van der Waals surface area (Å²) < 4.78 is 68.7. The fourth-order valence-electron chi connectivity index (χ4n) is 12.2. The lowest BCUT2D eigenvalue weighted by atomic mass is 10.00. The molecule has 3 unspecified atom stereocenters. The van der Waals surface area contributed by atoms with Crippen molar-refractivity contribution < 1.29 is 80.2 Å². The molecule has 0 aliphatic carbocycles. The van der Waals surface area contributed by atoms with Crippen LogP contribution >= 0.6 is 15.6 Å². The summed E-state index contributed by atoms with van der Waals surface area (Å²) in [6.45, 7) is 14.3. The topological polar surface area (TPSA) is 237 Å². The third-order valence-corrected chi connectivity index (χ3v) is 20.8. The minimum absolute atomic E-state index is 0.106. The molecule has 0 spiro atoms. The number of phosphoric ester groups is 2. The molecule has 0 rings (SSSR count). The van der Waals surface area contributed by atoms with Crippen LogP contribution in [0, 0.1) is 23.7 Å². The van der Waals surface area contributed by atoms with Gasteiger partial charge in [0.2, 0.25) is 0 Å². The van der Waals surface area contributed by atoms with Gasteiger partial charge in [-0.1, -0.05) is 357 Å². The Bertz CT molecular complexity index is 1940. The van der Waals surface area contributed by atoms with Crippen molar-refractivity contribution in [1.29, 1.82) is 0 Å². The maximum atomic E-state index is 13.1. The van der Waals surface area contributed by atoms with Crippen LogP contribution in [0.3, 0.4) is 0 Å². The number of ether oxygens (including phenoxy) is 4. The van der Waals surface area contributed by atoms with Gasteiger partial charge < -0.3 is 33.8 Å². The summed E-state index contributed by atoms with van der Waals surface area (Å²) in [7, 11) is -9.92. The van der Waals surface area contributed by atoms with Gasteiger partial charge in [-0.2, -0.15) is 0 Å². The Morgan fingerprint density at radius 1 is 0.283 bits per heavy atom. The van der Waals surface area contributed by atoms with Crippen LogP contribution < -0.4 is 0 Å². The standard InChI is InChI=1S/C80H156O17P2/c1-9-73(8)59-51-43-38-39-45-53-61-78(83)91-67-76(97-80(85)63-55-47-37-31-25-19-18-22-28-34-42-50-58-72(6)7)69-95-99(88,89)93-65-74(81)64-92-98(86,87)94-68-75(96-79(84)62-54-46-36-30-24-17-13-11-15-21-27-33-41-49-57-71(4)5)66-90-77(82)60-52-44-35-29-23-16-12-10-14-20-26-32-40-48-56-70(2)3/h70-76,81H,9-69H2,1-8H3,(H,86,87)(H,88,89)/t73?,74-,75-,76-/m1/s1. The zero-order valence-electron chi connectivity index (χ0n) is 65.1. The first-order valence-electron chi connectivity index (χ1n) is 41.2. The number of unbranched alkanes of at least 4 members (excludes halogenated alkanes) is 42. The summed E-state index contributed by atoms with van der Waals surface area (Å²) in [5.74, 6) is 0.986. The highest BCUT2D eigenvalue weighted by atomic mass is 31.2. The van der Waals surface area contributed by atoms with E-state index in [1.54, 1.807) is 0 Å². The van der Waals surface area contributed by atoms with Gasteiger partial charge in [-0.3, -0.25) is 37.3 Å². The third-order valence-electron chi connectivity index (χ3n) is 18.9. The van der Waals surface area contributed by atoms with Gasteiger partial charge in [-0.25, -0.2) is 9.13 Å². The molecule has 0 aliphatic heterocycles. The van der Waals surface area contributed by atoms with E-state index in [9.17, 15) is 43.2 Å². The Hall–Kier alpha value is -1.94. The van der Waals surface area contributed by atoms with Gasteiger partial charge in [0.25, 0.3) is 0 Å². The van der Waals surface area contributed by atoms with Crippen molar-refractivity contribution in [2.75, 3.05) is 39.6 Å². The van der Waals surface area contributed by atoms with E-state index in [1.165, 1.54) is 205 Å². The Balaban J connectivity index is 5.26. The first kappa shape index (κ1) is 97.1. The van der Waals surface area contributed by atoms with Crippen LogP contribution in [-0.2, 0) is 65.4 Å². The van der Waals surface area contributed by atoms with E-state index in [-0.39, 0.29) is 25.7 Å². The third kappa shape index (κ3) is 72.8. The quantitative estimate of drug-likeness (QED) is 0.0222. The molecule has 0 radical (unpaired) electrons. The van der Waals surface area contributed by atoms with E-state index in [1.807, 2.05) is 0 Å². The number of rotatable bonds is 77. The lowest BCUT2D eigenvalue weighted by molar-refractivity contribution is -0.161. The number of carbonyl (C=O) groups is 4. The molecule has 0 aromatic carbocycles. The van der Waals surface area contributed by atoms with E-state index in [0.717, 1.165) is 120 Å². The molecule has 0 saturated heterocycles. The smallest absolute Gasteiger partial charge is 0.462 e. The monoisotopic (exact) mass is 1450 g/mol. The molecule has 0 amide bonds. The number of carbonyl (C=O) groups excluding carboxylic acids is 4. The van der Waals surface area contributed by atoms with Gasteiger partial charge in [0.05, 0.1) is 26.4 Å². The fraction of sp³-hybridized carbons (Fsp3) is 0.950. The van der Waals surface area contributed by atoms with Crippen LogP contribution in [0.15, 0.2) is 0 Å². The zero-order chi connectivity index (χ0) is 73.1. The van der Waals surface area contributed by atoms with Gasteiger partial charge in [-0.15, -0.1) is 0 Å². The number of aliphatic hydroxyl groups excluding tert-OH is 1. The summed E-state index contributed by atoms with van der Waals surface area (Å²) in [6.07, 6.45) is 55.5. The molecule has 0 aliphatic rings. The molecule has 19 heteroatoms. The fourth-order valence-corrected chi connectivity index (χ4v) is 13.8. The Kier molecular flexibility index (Phi) is 67.8. The number of esters is 4. The van der Waals surface area contributed by atoms with Gasteiger partial charge in [0, 0.05) is 25.7 Å². The summed E-state index contributed by atoms with van der Waals surface area (Å²) in [5, 5.41) is 10.6. The SMILES string of the molecule is CCC(C)CCCCCCCCC(=O)OC[C@H](COP(=O)(O)OC[C@H](O)COP(=O)(O)OC[C@@H](COC(=O)CCCCCCCCCCCCCCCCC(C)C)OC(=O)CCCCCCCCCCCCCCCCC(C)C)OC(=O)CCCCCCCCCCCCCCC(C)C. The van der Waals surface area contributed by atoms with Crippen molar-refractivity contribution in [1.82, 2.24) is 0 Å². The summed E-state index contributed by atoms with van der Waals surface area (Å²) in [5.41, 5.74) is 0. The number of phosphoric acid groups is 2. The largest absolute Gasteiger partial charge is 0.472 e. The molecular weight excluding hydrogens is 1290 g/mol. The van der Waals surface area contributed by atoms with Crippen LogP contribution in [0.1, 0.15) is 409 Å². The maximum Gasteiger partial charge on any atom is 0.472 e. The molecule has 0 saturated carbocycles. The van der Waals surface area contributed by atoms with E-state index in [0.29, 0.717) is 25.7 Å². The Morgan fingerprint density at radius 2 is 0.485 bits per heavy atom. The normalized spacial score (nSPS) is 14.3. The highest BCUT2D eigenvalue weighted by Gasteiger charge is 2.30. The molecule has 6 atom stereocenters. The molecule has 0 aromatic heterocycles. The number of hydrogen-bond donors (Lipinski definition) is 3. The van der Waals surface area contributed by atoms with Crippen LogP contribution in [0.25, 0.3) is 0 Å². The van der Waals surface area contributed by atoms with Crippen LogP contribution in [0.2, 0.25) is 0 Å². The summed E-state index contributed by atoms with van der Waals surface area (Å²) in [4.78, 5) is 73.0. The molecule has 0 bridgehead atoms. The summed E-state index contributed by atoms with van der Waals surface area (Å²) >= 11 is 0. The van der Waals surface area contributed by atoms with Crippen molar-refractivity contribution in [3.8, 4) is 0 Å². The van der Waals surface area contributed by atoms with Crippen LogP contribution in [0.4, 0.5) is 0 Å². The minimum atomic E-state index is -4.96. The molecule has 3 N–H and O–H groups in total. The molecule has 17 nitrogen and oxygen atoms in total. The van der Waals surface area contributed by atoms with Gasteiger partial charge in [0.1, 0.15) is 19.3 Å². The van der Waals surface area contributed by atoms with Crippen molar-refractivity contribution in [3.63, 3.8) is 0 Å². The second kappa shape index (κ2) is 69.1. The Labute approximate surface area is 607 Å². The maximum absolute atomic E-state index is 13.1. The highest BCUT2D eigenvalue weighted by Crippen LogP contribution is 2.45. The van der Waals surface area contributed by atoms with Gasteiger partial charge in [-0.05, 0) is 49.4 Å². The zero-order valence-corrected chi connectivity index (χ0v) is 66.9. The van der Waals surface area contributed by atoms with Gasteiger partial charge in [0.15, 0.2) is 12.2 Å². The average Bonchev–Trinajstić information content (AvgIpc) is 1.00. The van der Waals surface area contributed by atoms with Crippen molar-refractivity contribution in [3.05, 3.63) is 0 Å². The number of aliphatic hydroxyl groups is 1. The second-order valence-corrected chi connectivity index (χ2v) is 33.4. The minimum Gasteiger partial charge on any atom is -0.462 e. The lowest BCUT2D eigenvalue weighted by Gasteiger charge is -2.21. The molecule has 0 fully saturated rings. The predicted octanol–water partition coefficient (Wildman–Crippen LogP) is 23.6. The van der Waals surface area contributed by atoms with Crippen molar-refractivity contribution in [2.24, 2.45) is 23.7 Å². The summed E-state index contributed by atoms with van der Waals surface area (Å²) in [6, 6.07) is 0. The average molecular weight is 1450 g/mol. The molecule has 588 valence electrons. The molecular formula is C80H156O17P2. The highest BCUT2D eigenvalue weighted by molar-refractivity contribution is 7.47. The van der Waals surface area contributed by atoms with Crippen LogP contribution in [0.5, 0.6) is 0 Å². The lowest BCUT2D eigenvalue weighted by Crippen LogP contribution is -2.30. The predicted molar refractivity (Wildman–Crippen MR) is 404 cm³/mol. The number of hydrogen-bond acceptors (Lipinski definition) is 15. The van der Waals surface area contributed by atoms with E-state index in [4.69, 9.17) is 37.0 Å². The van der Waals surface area contributed by atoms with E-state index in [2.05, 4.69) is 55.4 Å². The molecule has 0 heterocycles. The van der Waals surface area contributed by atoms with Crippen molar-refractivity contribution in [2.45, 2.75) is 427 Å². The molecule has 99 heavy (non-hydrogen) atoms. The van der Waals surface area contributed by atoms with E-state index >= 15 is 0 Å². The molecule has 0 aromatic rings. The van der Waals surface area contributed by atoms with Crippen molar-refractivity contribution >= 4 is 39.5 Å². The Morgan fingerprint density at radius 3 is 0.717 bits per heavy atom. The van der Waals surface area contributed by atoms with Crippen LogP contribution in [-0.4, -0.2) is 96.7 Å².